The molecule has 0 amide bonds. The monoisotopic (exact) mass is 457 g/mol. The van der Waals surface area contributed by atoms with Gasteiger partial charge in [-0.15, -0.1) is 0 Å². The van der Waals surface area contributed by atoms with E-state index >= 15 is 0 Å². The Bertz CT molecular complexity index is 1320. The van der Waals surface area contributed by atoms with Crippen molar-refractivity contribution in [2.45, 2.75) is 38.6 Å². The standard InChI is InChI=1S/C26H28FN7/c1-17-21(27)4-5-24(30-17)26-20(16-29-32-26)22-6-7-23-25(31-22)14-19(15-28-23)34-12-8-18(9-13-34)33-10-2-3-11-33/h4-7,14-16,18H,2-3,8-13H2,1H3,(H,29,32). The highest BCUT2D eigenvalue weighted by Gasteiger charge is 2.26. The van der Waals surface area contributed by atoms with Gasteiger partial charge in [0, 0.05) is 30.9 Å². The SMILES string of the molecule is Cc1nc(-c2n[nH]cc2-c2ccc3ncc(N4CCC(N5CCCC5)CC4)cc3n2)ccc1F. The summed E-state index contributed by atoms with van der Waals surface area (Å²) in [6, 6.07) is 9.87. The van der Waals surface area contributed by atoms with Crippen LogP contribution < -0.4 is 4.90 Å². The van der Waals surface area contributed by atoms with Gasteiger partial charge >= 0.3 is 0 Å². The van der Waals surface area contributed by atoms with Gasteiger partial charge in [0.25, 0.3) is 0 Å². The third kappa shape index (κ3) is 3.92. The number of anilines is 1. The molecule has 0 atom stereocenters. The van der Waals surface area contributed by atoms with Crippen LogP contribution in [0.1, 0.15) is 31.4 Å². The summed E-state index contributed by atoms with van der Waals surface area (Å²) in [6.07, 6.45) is 8.87. The molecule has 0 radical (unpaired) electrons. The lowest BCUT2D eigenvalue weighted by Gasteiger charge is -2.37. The van der Waals surface area contributed by atoms with Crippen molar-refractivity contribution >= 4 is 16.7 Å². The third-order valence-corrected chi connectivity index (χ3v) is 7.19. The van der Waals surface area contributed by atoms with Crippen LogP contribution in [0, 0.1) is 12.7 Å². The van der Waals surface area contributed by atoms with E-state index in [0.717, 1.165) is 47.1 Å². The largest absolute Gasteiger partial charge is 0.370 e. The highest BCUT2D eigenvalue weighted by atomic mass is 19.1. The number of nitrogens with one attached hydrogen (secondary N) is 1. The smallest absolute Gasteiger partial charge is 0.144 e. The van der Waals surface area contributed by atoms with Crippen LogP contribution in [0.2, 0.25) is 0 Å². The Morgan fingerprint density at radius 2 is 1.74 bits per heavy atom. The fourth-order valence-corrected chi connectivity index (χ4v) is 5.27. The van der Waals surface area contributed by atoms with Crippen molar-refractivity contribution in [2.75, 3.05) is 31.1 Å². The summed E-state index contributed by atoms with van der Waals surface area (Å²) in [5, 5.41) is 7.28. The Labute approximate surface area is 198 Å². The quantitative estimate of drug-likeness (QED) is 0.483. The minimum atomic E-state index is -0.326. The Kier molecular flexibility index (Phi) is 5.45. The van der Waals surface area contributed by atoms with E-state index in [0.29, 0.717) is 17.1 Å². The number of aromatic amines is 1. The molecule has 2 aliphatic heterocycles. The molecule has 7 nitrogen and oxygen atoms in total. The van der Waals surface area contributed by atoms with Crippen molar-refractivity contribution in [3.05, 3.63) is 54.2 Å². The number of aryl methyl sites for hydroxylation is 1. The number of likely N-dealkylation sites (tertiary alicyclic amines) is 1. The lowest BCUT2D eigenvalue weighted by Crippen LogP contribution is -2.43. The predicted molar refractivity (Wildman–Crippen MR) is 131 cm³/mol. The second kappa shape index (κ2) is 8.76. The van der Waals surface area contributed by atoms with Gasteiger partial charge in [-0.3, -0.25) is 10.1 Å². The topological polar surface area (TPSA) is 73.8 Å². The van der Waals surface area contributed by atoms with Gasteiger partial charge in [-0.05, 0) is 76.0 Å². The molecule has 174 valence electrons. The van der Waals surface area contributed by atoms with Gasteiger partial charge in [0.05, 0.1) is 40.0 Å². The van der Waals surface area contributed by atoms with E-state index in [1.165, 1.54) is 44.8 Å². The van der Waals surface area contributed by atoms with Crippen LogP contribution in [0.25, 0.3) is 33.7 Å². The van der Waals surface area contributed by atoms with Crippen molar-refractivity contribution in [3.63, 3.8) is 0 Å². The van der Waals surface area contributed by atoms with E-state index in [4.69, 9.17) is 4.98 Å². The number of aromatic nitrogens is 5. The molecule has 2 aliphatic rings. The normalized spacial score (nSPS) is 17.6. The molecule has 0 spiro atoms. The van der Waals surface area contributed by atoms with Crippen molar-refractivity contribution in [1.82, 2.24) is 30.0 Å². The molecule has 4 aromatic heterocycles. The van der Waals surface area contributed by atoms with Gasteiger partial charge < -0.3 is 9.80 Å². The van der Waals surface area contributed by atoms with Crippen LogP contribution in [0.4, 0.5) is 10.1 Å². The molecule has 0 bridgehead atoms. The van der Waals surface area contributed by atoms with Crippen LogP contribution in [0.5, 0.6) is 0 Å². The summed E-state index contributed by atoms with van der Waals surface area (Å²) in [5.41, 5.74) is 6.07. The van der Waals surface area contributed by atoms with E-state index in [1.807, 2.05) is 24.5 Å². The number of piperidine rings is 1. The number of pyridine rings is 3. The highest BCUT2D eigenvalue weighted by Crippen LogP contribution is 2.31. The van der Waals surface area contributed by atoms with Crippen molar-refractivity contribution < 1.29 is 4.39 Å². The highest BCUT2D eigenvalue weighted by molar-refractivity contribution is 5.84. The number of nitrogens with zero attached hydrogens (tertiary/aromatic N) is 6. The molecule has 2 saturated heterocycles. The summed E-state index contributed by atoms with van der Waals surface area (Å²) in [4.78, 5) is 19.1. The van der Waals surface area contributed by atoms with E-state index < -0.39 is 0 Å². The minimum Gasteiger partial charge on any atom is -0.370 e. The van der Waals surface area contributed by atoms with E-state index in [-0.39, 0.29) is 5.82 Å². The zero-order valence-electron chi connectivity index (χ0n) is 19.3. The molecule has 1 N–H and O–H groups in total. The van der Waals surface area contributed by atoms with Crippen molar-refractivity contribution in [3.8, 4) is 22.6 Å². The van der Waals surface area contributed by atoms with Crippen LogP contribution in [-0.4, -0.2) is 62.3 Å². The molecule has 6 heterocycles. The number of halogens is 1. The van der Waals surface area contributed by atoms with Crippen LogP contribution >= 0.6 is 0 Å². The van der Waals surface area contributed by atoms with Crippen molar-refractivity contribution in [1.29, 1.82) is 0 Å². The number of rotatable bonds is 4. The van der Waals surface area contributed by atoms with Gasteiger partial charge in [-0.2, -0.15) is 5.10 Å². The molecular formula is C26H28FN7. The summed E-state index contributed by atoms with van der Waals surface area (Å²) in [6.45, 7) is 6.28. The second-order valence-electron chi connectivity index (χ2n) is 9.30. The van der Waals surface area contributed by atoms with Gasteiger partial charge in [0.1, 0.15) is 11.5 Å². The fourth-order valence-electron chi connectivity index (χ4n) is 5.27. The molecule has 4 aromatic rings. The Morgan fingerprint density at radius 3 is 2.53 bits per heavy atom. The van der Waals surface area contributed by atoms with E-state index in [2.05, 4.69) is 36.0 Å². The molecule has 0 unspecified atom stereocenters. The summed E-state index contributed by atoms with van der Waals surface area (Å²) in [7, 11) is 0. The maximum Gasteiger partial charge on any atom is 0.144 e. The number of hydrogen-bond donors (Lipinski definition) is 1. The molecule has 0 aliphatic carbocycles. The third-order valence-electron chi connectivity index (χ3n) is 7.19. The second-order valence-corrected chi connectivity index (χ2v) is 9.30. The van der Waals surface area contributed by atoms with Crippen LogP contribution in [0.15, 0.2) is 42.7 Å². The Balaban J connectivity index is 1.27. The molecule has 0 saturated carbocycles. The van der Waals surface area contributed by atoms with Crippen molar-refractivity contribution in [2.24, 2.45) is 0 Å². The van der Waals surface area contributed by atoms with Gasteiger partial charge in [0.15, 0.2) is 0 Å². The maximum absolute atomic E-state index is 13.7. The first-order chi connectivity index (χ1) is 16.7. The fraction of sp³-hybridized carbons (Fsp3) is 0.385. The maximum atomic E-state index is 13.7. The van der Waals surface area contributed by atoms with Crippen LogP contribution in [0.3, 0.4) is 0 Å². The summed E-state index contributed by atoms with van der Waals surface area (Å²) < 4.78 is 13.7. The Morgan fingerprint density at radius 1 is 0.941 bits per heavy atom. The molecule has 34 heavy (non-hydrogen) atoms. The predicted octanol–water partition coefficient (Wildman–Crippen LogP) is 4.59. The number of hydrogen-bond acceptors (Lipinski definition) is 6. The molecule has 2 fully saturated rings. The number of fused-ring (bicyclic) bond motifs is 1. The lowest BCUT2D eigenvalue weighted by molar-refractivity contribution is 0.208. The van der Waals surface area contributed by atoms with E-state index in [9.17, 15) is 4.39 Å². The average Bonchev–Trinajstić information content (AvgIpc) is 3.58. The first-order valence-corrected chi connectivity index (χ1v) is 12.1. The molecule has 0 aromatic carbocycles. The average molecular weight is 458 g/mol. The van der Waals surface area contributed by atoms with Gasteiger partial charge in [0.2, 0.25) is 0 Å². The van der Waals surface area contributed by atoms with Crippen LogP contribution in [-0.2, 0) is 0 Å². The zero-order chi connectivity index (χ0) is 23.1. The zero-order valence-corrected chi connectivity index (χ0v) is 19.3. The molecule has 8 heteroatoms. The first kappa shape index (κ1) is 21.2. The molecular weight excluding hydrogens is 429 g/mol. The Hall–Kier alpha value is -3.39. The first-order valence-electron chi connectivity index (χ1n) is 12.1. The summed E-state index contributed by atoms with van der Waals surface area (Å²) >= 11 is 0. The van der Waals surface area contributed by atoms with E-state index in [1.54, 1.807) is 13.0 Å². The summed E-state index contributed by atoms with van der Waals surface area (Å²) in [5.74, 6) is -0.326. The minimum absolute atomic E-state index is 0.326. The van der Waals surface area contributed by atoms with Gasteiger partial charge in [-0.1, -0.05) is 0 Å². The van der Waals surface area contributed by atoms with Gasteiger partial charge in [-0.25, -0.2) is 14.4 Å². The lowest BCUT2D eigenvalue weighted by atomic mass is 10.0. The molecule has 6 rings (SSSR count). The number of H-pyrrole nitrogens is 1.